The highest BCUT2D eigenvalue weighted by Gasteiger charge is 2.31. The molecule has 0 radical (unpaired) electrons. The summed E-state index contributed by atoms with van der Waals surface area (Å²) in [5.41, 5.74) is 4.35. The molecule has 5 rings (SSSR count). The van der Waals surface area contributed by atoms with Gasteiger partial charge >= 0.3 is 6.03 Å². The molecule has 0 bridgehead atoms. The predicted octanol–water partition coefficient (Wildman–Crippen LogP) is 6.53. The van der Waals surface area contributed by atoms with Gasteiger partial charge in [-0.25, -0.2) is 19.0 Å². The maximum absolute atomic E-state index is 13.6. The maximum Gasteiger partial charge on any atom is 0.329 e. The van der Waals surface area contributed by atoms with Crippen molar-refractivity contribution in [2.45, 2.75) is 6.92 Å². The van der Waals surface area contributed by atoms with Crippen LogP contribution in [-0.2, 0) is 0 Å². The lowest BCUT2D eigenvalue weighted by molar-refractivity contribution is 0.256. The molecule has 1 aromatic heterocycles. The smallest absolute Gasteiger partial charge is 0.329 e. The molecular weight excluding hydrogens is 433 g/mol. The molecule has 1 aliphatic heterocycles. The largest absolute Gasteiger partial charge is 0.423 e. The van der Waals surface area contributed by atoms with Crippen LogP contribution in [0.2, 0.25) is 0 Å². The summed E-state index contributed by atoms with van der Waals surface area (Å²) in [7, 11) is 0. The van der Waals surface area contributed by atoms with Crippen LogP contribution < -0.4 is 15.1 Å². The fourth-order valence-electron chi connectivity index (χ4n) is 3.85. The zero-order chi connectivity index (χ0) is 23.7. The molecule has 0 atom stereocenters. The lowest BCUT2D eigenvalue weighted by atomic mass is 10.1. The Morgan fingerprint density at radius 1 is 1.03 bits per heavy atom. The van der Waals surface area contributed by atoms with Gasteiger partial charge in [-0.15, -0.1) is 0 Å². The number of oxazole rings is 1. The van der Waals surface area contributed by atoms with Crippen LogP contribution >= 0.6 is 0 Å². The second kappa shape index (κ2) is 8.71. The number of benzene rings is 3. The van der Waals surface area contributed by atoms with E-state index in [0.29, 0.717) is 36.2 Å². The van der Waals surface area contributed by atoms with E-state index in [9.17, 15) is 9.18 Å². The Bertz CT molecular complexity index is 1410. The van der Waals surface area contributed by atoms with Crippen LogP contribution in [0.15, 0.2) is 77.3 Å². The van der Waals surface area contributed by atoms with Gasteiger partial charge in [-0.2, -0.15) is 0 Å². The van der Waals surface area contributed by atoms with Crippen molar-refractivity contribution in [1.82, 2.24) is 4.98 Å². The van der Waals surface area contributed by atoms with E-state index in [2.05, 4.69) is 15.1 Å². The van der Waals surface area contributed by atoms with E-state index in [1.54, 1.807) is 40.3 Å². The quantitative estimate of drug-likeness (QED) is 0.349. The number of amides is 2. The van der Waals surface area contributed by atoms with Gasteiger partial charge in [-0.3, -0.25) is 9.80 Å². The number of carbonyl (C=O) groups excluding carboxylic acids is 1. The van der Waals surface area contributed by atoms with Gasteiger partial charge in [-0.05, 0) is 42.8 Å². The Kier molecular flexibility index (Phi) is 5.44. The fourth-order valence-corrected chi connectivity index (χ4v) is 3.85. The lowest BCUT2D eigenvalue weighted by Gasteiger charge is -2.20. The summed E-state index contributed by atoms with van der Waals surface area (Å²) in [6.45, 7) is 9.96. The summed E-state index contributed by atoms with van der Waals surface area (Å²) in [4.78, 5) is 24.0. The molecule has 1 fully saturated rings. The minimum Gasteiger partial charge on any atom is -0.423 e. The van der Waals surface area contributed by atoms with Gasteiger partial charge in [0, 0.05) is 35.7 Å². The Labute approximate surface area is 195 Å². The Hall–Kier alpha value is -4.64. The van der Waals surface area contributed by atoms with Crippen molar-refractivity contribution in [2.75, 3.05) is 28.2 Å². The highest BCUT2D eigenvalue weighted by Crippen LogP contribution is 2.31. The fraction of sp³-hybridized carbons (Fsp3) is 0.115. The van der Waals surface area contributed by atoms with Gasteiger partial charge in [0.2, 0.25) is 0 Å². The van der Waals surface area contributed by atoms with E-state index in [-0.39, 0.29) is 11.8 Å². The lowest BCUT2D eigenvalue weighted by Crippen LogP contribution is -2.31. The first-order valence-electron chi connectivity index (χ1n) is 10.7. The van der Waals surface area contributed by atoms with Crippen molar-refractivity contribution in [1.29, 1.82) is 0 Å². The van der Waals surface area contributed by atoms with Crippen LogP contribution in [0.4, 0.5) is 37.9 Å². The Morgan fingerprint density at radius 3 is 2.47 bits per heavy atom. The first kappa shape index (κ1) is 21.2. The van der Waals surface area contributed by atoms with E-state index < -0.39 is 0 Å². The molecule has 1 N–H and O–H groups in total. The summed E-state index contributed by atoms with van der Waals surface area (Å²) in [5.74, 6) is 0.200. The van der Waals surface area contributed by atoms with Crippen LogP contribution in [0, 0.1) is 19.3 Å². The number of hydrogen-bond donors (Lipinski definition) is 1. The third-order valence-corrected chi connectivity index (χ3v) is 5.69. The average Bonchev–Trinajstić information content (AvgIpc) is 3.47. The molecule has 0 unspecified atom stereocenters. The van der Waals surface area contributed by atoms with Crippen molar-refractivity contribution in [2.24, 2.45) is 0 Å². The molecule has 0 saturated carbocycles. The number of aromatic nitrogens is 1. The second-order valence-electron chi connectivity index (χ2n) is 7.88. The van der Waals surface area contributed by atoms with Crippen molar-refractivity contribution in [3.05, 3.63) is 95.7 Å². The molecule has 3 aromatic carbocycles. The first-order chi connectivity index (χ1) is 16.5. The number of rotatable bonds is 5. The summed E-state index contributed by atoms with van der Waals surface area (Å²) in [5, 5.41) is 3.19. The van der Waals surface area contributed by atoms with Gasteiger partial charge in [-0.1, -0.05) is 36.4 Å². The third kappa shape index (κ3) is 4.07. The van der Waals surface area contributed by atoms with Crippen LogP contribution in [0.1, 0.15) is 5.56 Å². The number of halogens is 1. The van der Waals surface area contributed by atoms with E-state index in [1.165, 1.54) is 12.1 Å². The van der Waals surface area contributed by atoms with Crippen molar-refractivity contribution in [3.8, 4) is 11.3 Å². The molecule has 1 aliphatic rings. The number of aryl methyl sites for hydroxylation is 1. The number of nitrogens with zero attached hydrogens (tertiary/aromatic N) is 4. The maximum atomic E-state index is 13.6. The molecule has 0 aliphatic carbocycles. The van der Waals surface area contributed by atoms with Crippen molar-refractivity contribution >= 4 is 34.8 Å². The van der Waals surface area contributed by atoms with E-state index >= 15 is 0 Å². The zero-order valence-corrected chi connectivity index (χ0v) is 18.3. The molecule has 4 aromatic rings. The molecule has 7 nitrogen and oxygen atoms in total. The minimum absolute atomic E-state index is 0.207. The molecule has 34 heavy (non-hydrogen) atoms. The monoisotopic (exact) mass is 453 g/mol. The number of nitrogens with one attached hydrogen (secondary N) is 1. The highest BCUT2D eigenvalue weighted by molar-refractivity contribution is 6.06. The molecule has 168 valence electrons. The van der Waals surface area contributed by atoms with Crippen LogP contribution in [0.3, 0.4) is 0 Å². The van der Waals surface area contributed by atoms with E-state index in [0.717, 1.165) is 22.5 Å². The summed E-state index contributed by atoms with van der Waals surface area (Å²) < 4.78 is 19.5. The van der Waals surface area contributed by atoms with Gasteiger partial charge < -0.3 is 9.73 Å². The summed E-state index contributed by atoms with van der Waals surface area (Å²) in [6.07, 6.45) is 1.62. The van der Waals surface area contributed by atoms with E-state index in [4.69, 9.17) is 11.0 Å². The van der Waals surface area contributed by atoms with E-state index in [1.807, 2.05) is 37.3 Å². The Balaban J connectivity index is 1.35. The zero-order valence-electron chi connectivity index (χ0n) is 18.3. The standard InChI is InChI=1S/C26H20FN5O2/c1-17-6-11-22(32-13-12-31(26(32)33)21-5-3-4-19(27)14-21)15-23(17)30-25-29-16-24(34-25)18-7-9-20(28-2)10-8-18/h3-11,14-16H,12-13H2,1H3,(H,29,30). The minimum atomic E-state index is -0.377. The SMILES string of the molecule is [C-]#[N+]c1ccc(-c2cnc(Nc3cc(N4CCN(c5cccc(F)c5)C4=O)ccc3C)o2)cc1. The second-order valence-corrected chi connectivity index (χ2v) is 7.88. The van der Waals surface area contributed by atoms with Crippen LogP contribution in [0.25, 0.3) is 16.2 Å². The predicted molar refractivity (Wildman–Crippen MR) is 129 cm³/mol. The van der Waals surface area contributed by atoms with Gasteiger partial charge in [0.1, 0.15) is 5.82 Å². The first-order valence-corrected chi connectivity index (χ1v) is 10.7. The normalized spacial score (nSPS) is 13.3. The molecule has 8 heteroatoms. The Morgan fingerprint density at radius 2 is 1.76 bits per heavy atom. The van der Waals surface area contributed by atoms with Gasteiger partial charge in [0.25, 0.3) is 6.01 Å². The third-order valence-electron chi connectivity index (χ3n) is 5.69. The van der Waals surface area contributed by atoms with Crippen LogP contribution in [0.5, 0.6) is 0 Å². The van der Waals surface area contributed by atoms with Gasteiger partial charge in [0.15, 0.2) is 11.4 Å². The number of anilines is 4. The molecular formula is C26H20FN5O2. The molecule has 2 amide bonds. The highest BCUT2D eigenvalue weighted by atomic mass is 19.1. The van der Waals surface area contributed by atoms with Crippen LogP contribution in [-0.4, -0.2) is 24.1 Å². The molecule has 0 spiro atoms. The topological polar surface area (TPSA) is 66.0 Å². The van der Waals surface area contributed by atoms with Crippen molar-refractivity contribution < 1.29 is 13.6 Å². The molecule has 2 heterocycles. The average molecular weight is 453 g/mol. The number of urea groups is 1. The summed E-state index contributed by atoms with van der Waals surface area (Å²) >= 11 is 0. The number of carbonyl (C=O) groups is 1. The summed E-state index contributed by atoms with van der Waals surface area (Å²) in [6, 6.07) is 18.9. The number of hydrogen-bond acceptors (Lipinski definition) is 4. The van der Waals surface area contributed by atoms with Crippen molar-refractivity contribution in [3.63, 3.8) is 0 Å². The van der Waals surface area contributed by atoms with Gasteiger partial charge in [0.05, 0.1) is 12.8 Å². The molecule has 1 saturated heterocycles.